The molecule has 1 heterocycles. The van der Waals surface area contributed by atoms with Crippen molar-refractivity contribution >= 4 is 29.3 Å². The zero-order valence-electron chi connectivity index (χ0n) is 10.9. The summed E-state index contributed by atoms with van der Waals surface area (Å²) in [6, 6.07) is 3.70. The Hall–Kier alpha value is -0.550. The number of hydrogen-bond acceptors (Lipinski definition) is 3. The van der Waals surface area contributed by atoms with Crippen molar-refractivity contribution in [2.75, 3.05) is 5.75 Å². The van der Waals surface area contributed by atoms with Gasteiger partial charge in [0.2, 0.25) is 0 Å². The molecule has 0 bridgehead atoms. The van der Waals surface area contributed by atoms with Crippen molar-refractivity contribution in [2.24, 2.45) is 0 Å². The van der Waals surface area contributed by atoms with E-state index in [0.29, 0.717) is 10.5 Å². The number of rotatable bonds is 3. The van der Waals surface area contributed by atoms with Crippen molar-refractivity contribution in [1.29, 1.82) is 0 Å². The van der Waals surface area contributed by atoms with Gasteiger partial charge in [0, 0.05) is 28.2 Å². The standard InChI is InChI=1S/C14H16F2OS2/c1-8-9(2)19-14(7-18-8)13(17)6-10-11(15)4-3-5-12(10)16/h3-5,8-9,14H,6-7H2,1-2H3. The van der Waals surface area contributed by atoms with Gasteiger partial charge in [-0.15, -0.1) is 11.8 Å². The second-order valence-electron chi connectivity index (χ2n) is 4.71. The van der Waals surface area contributed by atoms with E-state index in [1.807, 2.05) is 0 Å². The van der Waals surface area contributed by atoms with E-state index in [1.165, 1.54) is 18.2 Å². The summed E-state index contributed by atoms with van der Waals surface area (Å²) in [6.45, 7) is 4.23. The van der Waals surface area contributed by atoms with E-state index in [-0.39, 0.29) is 23.0 Å². The van der Waals surface area contributed by atoms with E-state index in [4.69, 9.17) is 0 Å². The van der Waals surface area contributed by atoms with E-state index in [0.717, 1.165) is 5.75 Å². The van der Waals surface area contributed by atoms with E-state index >= 15 is 0 Å². The maximum absolute atomic E-state index is 13.5. The Bertz CT molecular complexity index is 458. The van der Waals surface area contributed by atoms with Crippen molar-refractivity contribution in [3.05, 3.63) is 35.4 Å². The van der Waals surface area contributed by atoms with Gasteiger partial charge in [-0.1, -0.05) is 19.9 Å². The monoisotopic (exact) mass is 302 g/mol. The lowest BCUT2D eigenvalue weighted by atomic mass is 10.1. The number of hydrogen-bond donors (Lipinski definition) is 0. The Morgan fingerprint density at radius 1 is 1.26 bits per heavy atom. The molecule has 1 aliphatic heterocycles. The molecule has 0 saturated carbocycles. The molecule has 3 atom stereocenters. The van der Waals surface area contributed by atoms with Crippen LogP contribution in [0.2, 0.25) is 0 Å². The first-order chi connectivity index (χ1) is 8.99. The third-order valence-corrected chi connectivity index (χ3v) is 6.76. The molecule has 0 aliphatic carbocycles. The zero-order chi connectivity index (χ0) is 14.0. The number of halogens is 2. The van der Waals surface area contributed by atoms with Gasteiger partial charge < -0.3 is 0 Å². The van der Waals surface area contributed by atoms with Gasteiger partial charge in [0.1, 0.15) is 11.6 Å². The molecule has 1 aromatic rings. The summed E-state index contributed by atoms with van der Waals surface area (Å²) in [5.74, 6) is -0.628. The SMILES string of the molecule is CC1SCC(C(=O)Cc2c(F)cccc2F)SC1C. The molecule has 0 radical (unpaired) electrons. The van der Waals surface area contributed by atoms with Crippen LogP contribution in [0.5, 0.6) is 0 Å². The molecule has 1 aliphatic rings. The largest absolute Gasteiger partial charge is 0.298 e. The van der Waals surface area contributed by atoms with Crippen LogP contribution in [-0.4, -0.2) is 27.3 Å². The molecule has 0 N–H and O–H groups in total. The lowest BCUT2D eigenvalue weighted by molar-refractivity contribution is -0.117. The van der Waals surface area contributed by atoms with Crippen molar-refractivity contribution in [2.45, 2.75) is 36.0 Å². The molecule has 104 valence electrons. The normalized spacial score (nSPS) is 27.3. The van der Waals surface area contributed by atoms with Gasteiger partial charge in [-0.3, -0.25) is 4.79 Å². The number of benzene rings is 1. The number of Topliss-reactive ketones (excluding diaryl/α,β-unsaturated/α-hetero) is 1. The number of carbonyl (C=O) groups excluding carboxylic acids is 1. The Balaban J connectivity index is 2.05. The number of carbonyl (C=O) groups is 1. The van der Waals surface area contributed by atoms with Gasteiger partial charge in [-0.05, 0) is 12.1 Å². The molecule has 3 unspecified atom stereocenters. The average molecular weight is 302 g/mol. The highest BCUT2D eigenvalue weighted by Gasteiger charge is 2.30. The van der Waals surface area contributed by atoms with Gasteiger partial charge in [-0.2, -0.15) is 11.8 Å². The van der Waals surface area contributed by atoms with Crippen LogP contribution in [0.1, 0.15) is 19.4 Å². The summed E-state index contributed by atoms with van der Waals surface area (Å²) in [7, 11) is 0. The lowest BCUT2D eigenvalue weighted by Gasteiger charge is -2.30. The van der Waals surface area contributed by atoms with Crippen molar-refractivity contribution in [1.82, 2.24) is 0 Å². The van der Waals surface area contributed by atoms with Gasteiger partial charge in [-0.25, -0.2) is 8.78 Å². The summed E-state index contributed by atoms with van der Waals surface area (Å²) < 4.78 is 27.0. The molecule has 1 aromatic carbocycles. The first-order valence-electron chi connectivity index (χ1n) is 6.21. The zero-order valence-corrected chi connectivity index (χ0v) is 12.5. The third kappa shape index (κ3) is 3.51. The molecule has 0 aromatic heterocycles. The van der Waals surface area contributed by atoms with Crippen LogP contribution < -0.4 is 0 Å². The van der Waals surface area contributed by atoms with E-state index in [9.17, 15) is 13.6 Å². The highest BCUT2D eigenvalue weighted by Crippen LogP contribution is 2.36. The predicted octanol–water partition coefficient (Wildman–Crippen LogP) is 3.70. The third-order valence-electron chi connectivity index (χ3n) is 3.32. The Morgan fingerprint density at radius 2 is 1.89 bits per heavy atom. The summed E-state index contributed by atoms with van der Waals surface area (Å²) in [4.78, 5) is 12.2. The molecule has 1 fully saturated rings. The summed E-state index contributed by atoms with van der Waals surface area (Å²) in [5, 5.41) is 0.743. The minimum atomic E-state index is -0.636. The van der Waals surface area contributed by atoms with Gasteiger partial charge in [0.05, 0.1) is 5.25 Å². The average Bonchev–Trinajstić information content (AvgIpc) is 2.37. The van der Waals surface area contributed by atoms with E-state index < -0.39 is 11.6 Å². The van der Waals surface area contributed by atoms with Gasteiger partial charge in [0.25, 0.3) is 0 Å². The second kappa shape index (κ2) is 6.27. The highest BCUT2D eigenvalue weighted by atomic mass is 32.2. The summed E-state index contributed by atoms with van der Waals surface area (Å²) >= 11 is 3.37. The summed E-state index contributed by atoms with van der Waals surface area (Å²) in [5.41, 5.74) is -0.107. The minimum absolute atomic E-state index is 0.0831. The van der Waals surface area contributed by atoms with Crippen molar-refractivity contribution in [3.8, 4) is 0 Å². The smallest absolute Gasteiger partial charge is 0.151 e. The molecule has 0 amide bonds. The maximum Gasteiger partial charge on any atom is 0.151 e. The molecule has 1 nitrogen and oxygen atoms in total. The van der Waals surface area contributed by atoms with Gasteiger partial charge in [0.15, 0.2) is 5.78 Å². The van der Waals surface area contributed by atoms with Crippen LogP contribution in [0, 0.1) is 11.6 Å². The predicted molar refractivity (Wildman–Crippen MR) is 77.8 cm³/mol. The Kier molecular flexibility index (Phi) is 4.90. The van der Waals surface area contributed by atoms with Crippen LogP contribution in [0.3, 0.4) is 0 Å². The fourth-order valence-corrected chi connectivity index (χ4v) is 4.83. The van der Waals surface area contributed by atoms with Crippen molar-refractivity contribution < 1.29 is 13.6 Å². The van der Waals surface area contributed by atoms with Crippen LogP contribution in [0.15, 0.2) is 18.2 Å². The molecule has 2 rings (SSSR count). The first kappa shape index (κ1) is 14.9. The minimum Gasteiger partial charge on any atom is -0.298 e. The topological polar surface area (TPSA) is 17.1 Å². The summed E-state index contributed by atoms with van der Waals surface area (Å²) in [6.07, 6.45) is -0.155. The van der Waals surface area contributed by atoms with Crippen LogP contribution >= 0.6 is 23.5 Å². The first-order valence-corrected chi connectivity index (χ1v) is 8.21. The second-order valence-corrected chi connectivity index (χ2v) is 7.71. The number of ketones is 1. The Labute approximate surface area is 120 Å². The highest BCUT2D eigenvalue weighted by molar-refractivity contribution is 8.08. The molecular weight excluding hydrogens is 286 g/mol. The quantitative estimate of drug-likeness (QED) is 0.847. The van der Waals surface area contributed by atoms with E-state index in [1.54, 1.807) is 23.5 Å². The fourth-order valence-electron chi connectivity index (χ4n) is 1.94. The fraction of sp³-hybridized carbons (Fsp3) is 0.500. The van der Waals surface area contributed by atoms with Gasteiger partial charge >= 0.3 is 0 Å². The van der Waals surface area contributed by atoms with E-state index in [2.05, 4.69) is 13.8 Å². The maximum atomic E-state index is 13.5. The van der Waals surface area contributed by atoms with Crippen molar-refractivity contribution in [3.63, 3.8) is 0 Å². The molecule has 19 heavy (non-hydrogen) atoms. The molecule has 0 spiro atoms. The lowest BCUT2D eigenvalue weighted by Crippen LogP contribution is -2.32. The van der Waals surface area contributed by atoms with Crippen LogP contribution in [0.25, 0.3) is 0 Å². The van der Waals surface area contributed by atoms with Crippen LogP contribution in [0.4, 0.5) is 8.78 Å². The Morgan fingerprint density at radius 3 is 2.47 bits per heavy atom. The molecular formula is C14H16F2OS2. The molecule has 5 heteroatoms. The molecule has 1 saturated heterocycles. The van der Waals surface area contributed by atoms with Crippen LogP contribution in [-0.2, 0) is 11.2 Å². The number of thioether (sulfide) groups is 2.